The van der Waals surface area contributed by atoms with E-state index in [-0.39, 0.29) is 36.2 Å². The third-order valence-electron chi connectivity index (χ3n) is 7.28. The number of rotatable bonds is 5. The minimum Gasteiger partial charge on any atom is -0.344 e. The van der Waals surface area contributed by atoms with Gasteiger partial charge in [0, 0.05) is 18.2 Å². The van der Waals surface area contributed by atoms with Gasteiger partial charge in [-0.15, -0.1) is 0 Å². The summed E-state index contributed by atoms with van der Waals surface area (Å²) in [6, 6.07) is 21.8. The van der Waals surface area contributed by atoms with E-state index in [1.165, 1.54) is 4.90 Å². The van der Waals surface area contributed by atoms with Crippen molar-refractivity contribution in [1.29, 1.82) is 0 Å². The van der Waals surface area contributed by atoms with E-state index in [1.807, 2.05) is 74.0 Å². The number of benzene rings is 3. The average Bonchev–Trinajstić information content (AvgIpc) is 3.39. The zero-order chi connectivity index (χ0) is 25.8. The van der Waals surface area contributed by atoms with Crippen molar-refractivity contribution in [1.82, 2.24) is 19.8 Å². The molecule has 186 valence electrons. The topological polar surface area (TPSA) is 87.5 Å². The minimum absolute atomic E-state index is 0.0579. The third-order valence-corrected chi connectivity index (χ3v) is 7.28. The molecule has 0 saturated carbocycles. The molecule has 0 fully saturated rings. The van der Waals surface area contributed by atoms with Gasteiger partial charge in [-0.3, -0.25) is 19.3 Å². The van der Waals surface area contributed by atoms with Gasteiger partial charge >= 0.3 is 0 Å². The summed E-state index contributed by atoms with van der Waals surface area (Å²) in [6.07, 6.45) is -0.676. The van der Waals surface area contributed by atoms with E-state index in [1.54, 1.807) is 29.2 Å². The highest BCUT2D eigenvalue weighted by Crippen LogP contribution is 2.45. The Morgan fingerprint density at radius 1 is 0.919 bits per heavy atom. The number of hydrogen-bond acceptors (Lipinski definition) is 4. The van der Waals surface area contributed by atoms with E-state index in [2.05, 4.69) is 5.32 Å². The van der Waals surface area contributed by atoms with Crippen LogP contribution in [0.25, 0.3) is 11.0 Å². The van der Waals surface area contributed by atoms with Crippen molar-refractivity contribution in [3.05, 3.63) is 95.3 Å². The fourth-order valence-electron chi connectivity index (χ4n) is 5.48. The number of hydrogen-bond donors (Lipinski definition) is 1. The molecule has 0 spiro atoms. The van der Waals surface area contributed by atoms with Crippen LogP contribution in [0.1, 0.15) is 58.2 Å². The van der Waals surface area contributed by atoms with Gasteiger partial charge in [0.1, 0.15) is 18.5 Å². The molecule has 2 aliphatic rings. The van der Waals surface area contributed by atoms with Crippen LogP contribution < -0.4 is 10.2 Å². The van der Waals surface area contributed by atoms with Crippen LogP contribution in [-0.4, -0.2) is 38.7 Å². The van der Waals surface area contributed by atoms with Gasteiger partial charge in [-0.2, -0.15) is 0 Å². The second-order valence-corrected chi connectivity index (χ2v) is 9.89. The molecule has 1 unspecified atom stereocenters. The predicted octanol–water partition coefficient (Wildman–Crippen LogP) is 4.20. The molecular weight excluding hydrogens is 466 g/mol. The highest BCUT2D eigenvalue weighted by Gasteiger charge is 2.48. The Balaban J connectivity index is 1.34. The highest BCUT2D eigenvalue weighted by atomic mass is 16.2. The molecule has 0 saturated heterocycles. The molecule has 2 aliphatic heterocycles. The summed E-state index contributed by atoms with van der Waals surface area (Å²) < 4.78 is 2.00. The lowest BCUT2D eigenvalue weighted by atomic mass is 10.0. The summed E-state index contributed by atoms with van der Waals surface area (Å²) in [5.41, 5.74) is 4.08. The summed E-state index contributed by atoms with van der Waals surface area (Å²) >= 11 is 0. The third kappa shape index (κ3) is 3.51. The Morgan fingerprint density at radius 2 is 1.59 bits per heavy atom. The SMILES string of the molecule is CC(C)[C@H](NC(=O)CN1C(=O)c2ccccc2N2C(=O)c3ccccc3C12)c1nc2ccccc2n1C. The first kappa shape index (κ1) is 23.0. The van der Waals surface area contributed by atoms with Crippen molar-refractivity contribution in [3.8, 4) is 0 Å². The number of nitrogens with zero attached hydrogens (tertiary/aromatic N) is 4. The van der Waals surface area contributed by atoms with Gasteiger partial charge in [-0.05, 0) is 36.2 Å². The molecule has 3 heterocycles. The lowest BCUT2D eigenvalue weighted by Crippen LogP contribution is -2.52. The summed E-state index contributed by atoms with van der Waals surface area (Å²) in [4.78, 5) is 48.5. The van der Waals surface area contributed by atoms with Crippen molar-refractivity contribution in [2.75, 3.05) is 11.4 Å². The molecule has 0 aliphatic carbocycles. The minimum atomic E-state index is -0.676. The number of aromatic nitrogens is 2. The van der Waals surface area contributed by atoms with Gasteiger partial charge in [0.05, 0.1) is 28.3 Å². The van der Waals surface area contributed by atoms with Crippen molar-refractivity contribution in [2.45, 2.75) is 26.1 Å². The Morgan fingerprint density at radius 3 is 2.35 bits per heavy atom. The molecule has 2 atom stereocenters. The summed E-state index contributed by atoms with van der Waals surface area (Å²) in [5.74, 6) is 0.0479. The number of carbonyl (C=O) groups excluding carboxylic acids is 3. The van der Waals surface area contributed by atoms with Gasteiger partial charge in [0.15, 0.2) is 0 Å². The fourth-order valence-corrected chi connectivity index (χ4v) is 5.48. The molecule has 0 radical (unpaired) electrons. The lowest BCUT2D eigenvalue weighted by molar-refractivity contribution is -0.123. The second kappa shape index (κ2) is 8.58. The normalized spacial score (nSPS) is 17.1. The Bertz CT molecular complexity index is 1570. The van der Waals surface area contributed by atoms with Gasteiger partial charge < -0.3 is 14.8 Å². The molecule has 3 aromatic carbocycles. The second-order valence-electron chi connectivity index (χ2n) is 9.89. The van der Waals surface area contributed by atoms with E-state index in [9.17, 15) is 14.4 Å². The Hall–Kier alpha value is -4.46. The molecule has 37 heavy (non-hydrogen) atoms. The first-order valence-corrected chi connectivity index (χ1v) is 12.4. The van der Waals surface area contributed by atoms with Gasteiger partial charge in [0.25, 0.3) is 11.8 Å². The van der Waals surface area contributed by atoms with E-state index in [4.69, 9.17) is 4.98 Å². The van der Waals surface area contributed by atoms with E-state index in [0.717, 1.165) is 22.4 Å². The number of carbonyl (C=O) groups is 3. The standard InChI is InChI=1S/C29H27N5O3/c1-17(2)25(26-30-21-13-7-9-15-23(21)32(26)3)31-24(35)16-33-27-18-10-4-5-11-19(18)29(37)34(27)22-14-8-6-12-20(22)28(33)36/h4-15,17,25,27H,16H2,1-3H3,(H,31,35)/t25-,27?/m0/s1. The zero-order valence-corrected chi connectivity index (χ0v) is 20.9. The Labute approximate surface area is 214 Å². The van der Waals surface area contributed by atoms with Gasteiger partial charge in [-0.1, -0.05) is 56.3 Å². The van der Waals surface area contributed by atoms with Crippen LogP contribution in [0.15, 0.2) is 72.8 Å². The maximum absolute atomic E-state index is 13.7. The number of amides is 3. The summed E-state index contributed by atoms with van der Waals surface area (Å²) in [5, 5.41) is 3.12. The first-order valence-electron chi connectivity index (χ1n) is 12.4. The molecule has 0 bridgehead atoms. The van der Waals surface area contributed by atoms with Crippen molar-refractivity contribution in [3.63, 3.8) is 0 Å². The maximum atomic E-state index is 13.7. The number of nitrogens with one attached hydrogen (secondary N) is 1. The molecule has 3 amide bonds. The number of fused-ring (bicyclic) bond motifs is 6. The summed E-state index contributed by atoms with van der Waals surface area (Å²) in [6.45, 7) is 3.86. The molecule has 1 N–H and O–H groups in total. The number of anilines is 1. The Kier molecular flexibility index (Phi) is 5.33. The van der Waals surface area contributed by atoms with Crippen LogP contribution in [0.2, 0.25) is 0 Å². The van der Waals surface area contributed by atoms with Crippen molar-refractivity contribution >= 4 is 34.4 Å². The van der Waals surface area contributed by atoms with Crippen LogP contribution in [-0.2, 0) is 11.8 Å². The number of aryl methyl sites for hydroxylation is 1. The molecule has 6 rings (SSSR count). The molecule has 4 aromatic rings. The van der Waals surface area contributed by atoms with Gasteiger partial charge in [0.2, 0.25) is 5.91 Å². The van der Waals surface area contributed by atoms with Crippen LogP contribution in [0.5, 0.6) is 0 Å². The van der Waals surface area contributed by atoms with Crippen LogP contribution in [0, 0.1) is 5.92 Å². The van der Waals surface area contributed by atoms with Crippen LogP contribution in [0.4, 0.5) is 5.69 Å². The van der Waals surface area contributed by atoms with Crippen LogP contribution >= 0.6 is 0 Å². The number of para-hydroxylation sites is 3. The van der Waals surface area contributed by atoms with Gasteiger partial charge in [-0.25, -0.2) is 4.98 Å². The fraction of sp³-hybridized carbons (Fsp3) is 0.241. The van der Waals surface area contributed by atoms with Crippen molar-refractivity contribution < 1.29 is 14.4 Å². The molecule has 8 nitrogen and oxygen atoms in total. The molecule has 1 aromatic heterocycles. The number of imidazole rings is 1. The smallest absolute Gasteiger partial charge is 0.260 e. The monoisotopic (exact) mass is 493 g/mol. The molecular formula is C29H27N5O3. The van der Waals surface area contributed by atoms with Crippen molar-refractivity contribution in [2.24, 2.45) is 13.0 Å². The van der Waals surface area contributed by atoms with Crippen LogP contribution in [0.3, 0.4) is 0 Å². The van der Waals surface area contributed by atoms with E-state index in [0.29, 0.717) is 16.8 Å². The largest absolute Gasteiger partial charge is 0.344 e. The highest BCUT2D eigenvalue weighted by molar-refractivity contribution is 6.17. The summed E-state index contributed by atoms with van der Waals surface area (Å²) in [7, 11) is 1.94. The first-order chi connectivity index (χ1) is 17.9. The van der Waals surface area contributed by atoms with E-state index >= 15 is 0 Å². The van der Waals surface area contributed by atoms with E-state index < -0.39 is 6.17 Å². The zero-order valence-electron chi connectivity index (χ0n) is 20.9. The molecule has 8 heteroatoms. The predicted molar refractivity (Wildman–Crippen MR) is 140 cm³/mol. The average molecular weight is 494 g/mol. The maximum Gasteiger partial charge on any atom is 0.260 e. The quantitative estimate of drug-likeness (QED) is 0.451. The lowest BCUT2D eigenvalue weighted by Gasteiger charge is -2.40.